The summed E-state index contributed by atoms with van der Waals surface area (Å²) in [5, 5.41) is 9.59. The van der Waals surface area contributed by atoms with Gasteiger partial charge in [-0.1, -0.05) is 11.6 Å². The van der Waals surface area contributed by atoms with Crippen LogP contribution in [-0.2, 0) is 10.0 Å². The summed E-state index contributed by atoms with van der Waals surface area (Å²) in [6.07, 6.45) is 1.40. The van der Waals surface area contributed by atoms with Crippen LogP contribution in [0.4, 0.5) is 11.4 Å². The van der Waals surface area contributed by atoms with Crippen molar-refractivity contribution in [3.63, 3.8) is 0 Å². The Kier molecular flexibility index (Phi) is 3.88. The van der Waals surface area contributed by atoms with E-state index in [1.807, 2.05) is 18.0 Å². The van der Waals surface area contributed by atoms with Gasteiger partial charge in [0.25, 0.3) is 10.0 Å². The van der Waals surface area contributed by atoms with Crippen LogP contribution in [0.1, 0.15) is 5.69 Å². The van der Waals surface area contributed by atoms with E-state index in [-0.39, 0.29) is 17.1 Å². The number of nitriles is 1. The molecule has 0 atom stereocenters. The van der Waals surface area contributed by atoms with Gasteiger partial charge in [-0.05, 0) is 30.3 Å². The van der Waals surface area contributed by atoms with Crippen molar-refractivity contribution >= 4 is 33.0 Å². The lowest BCUT2D eigenvalue weighted by atomic mass is 10.2. The minimum atomic E-state index is -3.90. The molecule has 2 aromatic rings. The van der Waals surface area contributed by atoms with Gasteiger partial charge in [0.1, 0.15) is 11.0 Å². The summed E-state index contributed by atoms with van der Waals surface area (Å²) in [5.74, 6) is 0. The first-order valence-corrected chi connectivity index (χ1v) is 8.65. The second-order valence-electron chi connectivity index (χ2n) is 5.09. The number of hydrogen-bond acceptors (Lipinski definition) is 5. The number of benzene rings is 1. The van der Waals surface area contributed by atoms with E-state index >= 15 is 0 Å². The molecule has 0 saturated heterocycles. The molecule has 0 bridgehead atoms. The number of aromatic nitrogens is 1. The zero-order valence-electron chi connectivity index (χ0n) is 12.3. The van der Waals surface area contributed by atoms with Crippen LogP contribution in [0.5, 0.6) is 0 Å². The molecule has 0 aliphatic carbocycles. The average Bonchev–Trinajstić information content (AvgIpc) is 2.54. The van der Waals surface area contributed by atoms with Crippen LogP contribution in [0.15, 0.2) is 41.4 Å². The summed E-state index contributed by atoms with van der Waals surface area (Å²) in [7, 11) is -2.01. The quantitative estimate of drug-likeness (QED) is 0.831. The van der Waals surface area contributed by atoms with Gasteiger partial charge in [-0.15, -0.1) is 0 Å². The van der Waals surface area contributed by atoms with E-state index in [0.717, 1.165) is 5.69 Å². The number of sulfonamides is 1. The molecule has 1 aliphatic heterocycles. The van der Waals surface area contributed by atoms with Crippen LogP contribution in [0, 0.1) is 11.3 Å². The molecule has 23 heavy (non-hydrogen) atoms. The summed E-state index contributed by atoms with van der Waals surface area (Å²) >= 11 is 6.04. The predicted molar refractivity (Wildman–Crippen MR) is 88.2 cm³/mol. The summed E-state index contributed by atoms with van der Waals surface area (Å²) in [6, 6.07) is 9.85. The first kappa shape index (κ1) is 15.6. The predicted octanol–water partition coefficient (Wildman–Crippen LogP) is 2.25. The summed E-state index contributed by atoms with van der Waals surface area (Å²) in [4.78, 5) is 5.71. The number of hydrogen-bond donors (Lipinski definition) is 0. The van der Waals surface area contributed by atoms with E-state index in [2.05, 4.69) is 4.98 Å². The Morgan fingerprint density at radius 3 is 2.78 bits per heavy atom. The second kappa shape index (κ2) is 5.72. The first-order chi connectivity index (χ1) is 10.9. The number of anilines is 2. The SMILES string of the molecule is CN1CCN(S(=O)(=O)c2cccnc2C#N)c2cc(Cl)ccc21. The molecule has 0 unspecified atom stereocenters. The Morgan fingerprint density at radius 1 is 1.26 bits per heavy atom. The third kappa shape index (κ3) is 2.60. The van der Waals surface area contributed by atoms with E-state index in [9.17, 15) is 8.42 Å². The fourth-order valence-corrected chi connectivity index (χ4v) is 4.28. The average molecular weight is 349 g/mol. The van der Waals surface area contributed by atoms with E-state index in [0.29, 0.717) is 17.3 Å². The third-order valence-corrected chi connectivity index (χ3v) is 5.78. The summed E-state index contributed by atoms with van der Waals surface area (Å²) in [6.45, 7) is 0.807. The van der Waals surface area contributed by atoms with Crippen molar-refractivity contribution in [3.05, 3.63) is 47.2 Å². The van der Waals surface area contributed by atoms with Gasteiger partial charge in [0, 0.05) is 24.8 Å². The van der Waals surface area contributed by atoms with Crippen LogP contribution in [0.2, 0.25) is 5.02 Å². The van der Waals surface area contributed by atoms with Gasteiger partial charge >= 0.3 is 0 Å². The van der Waals surface area contributed by atoms with Gasteiger partial charge in [0.2, 0.25) is 0 Å². The van der Waals surface area contributed by atoms with Gasteiger partial charge in [-0.3, -0.25) is 4.31 Å². The van der Waals surface area contributed by atoms with Crippen molar-refractivity contribution in [2.75, 3.05) is 29.3 Å². The number of likely N-dealkylation sites (N-methyl/N-ethyl adjacent to an activating group) is 1. The molecule has 1 aromatic carbocycles. The van der Waals surface area contributed by atoms with Crippen molar-refractivity contribution in [3.8, 4) is 6.07 Å². The van der Waals surface area contributed by atoms with Crippen LogP contribution in [-0.4, -0.2) is 33.5 Å². The molecule has 3 rings (SSSR count). The zero-order chi connectivity index (χ0) is 16.6. The highest BCUT2D eigenvalue weighted by atomic mass is 35.5. The minimum absolute atomic E-state index is 0.0991. The minimum Gasteiger partial charge on any atom is -0.371 e. The summed E-state index contributed by atoms with van der Waals surface area (Å²) in [5.41, 5.74) is 1.15. The van der Waals surface area contributed by atoms with Crippen molar-refractivity contribution < 1.29 is 8.42 Å². The number of fused-ring (bicyclic) bond motifs is 1. The standard InChI is InChI=1S/C15H13ClN4O2S/c1-19-7-8-20(14-9-11(16)4-5-13(14)19)23(21,22)15-3-2-6-18-12(15)10-17/h2-6,9H,7-8H2,1H3. The molecule has 1 aromatic heterocycles. The molecule has 0 N–H and O–H groups in total. The fraction of sp³-hybridized carbons (Fsp3) is 0.200. The van der Waals surface area contributed by atoms with Crippen LogP contribution < -0.4 is 9.21 Å². The molecular weight excluding hydrogens is 336 g/mol. The Morgan fingerprint density at radius 2 is 2.04 bits per heavy atom. The third-order valence-electron chi connectivity index (χ3n) is 3.70. The van der Waals surface area contributed by atoms with Gasteiger partial charge in [-0.2, -0.15) is 5.26 Å². The maximum atomic E-state index is 13.0. The Balaban J connectivity index is 2.18. The molecule has 0 amide bonds. The fourth-order valence-electron chi connectivity index (χ4n) is 2.55. The Hall–Kier alpha value is -2.30. The molecule has 2 heterocycles. The topological polar surface area (TPSA) is 77.3 Å². The second-order valence-corrected chi connectivity index (χ2v) is 7.36. The molecular formula is C15H13ClN4O2S. The number of pyridine rings is 1. The van der Waals surface area contributed by atoms with Gasteiger partial charge in [-0.25, -0.2) is 13.4 Å². The van der Waals surface area contributed by atoms with E-state index < -0.39 is 10.0 Å². The monoisotopic (exact) mass is 348 g/mol. The van der Waals surface area contributed by atoms with Crippen molar-refractivity contribution in [1.82, 2.24) is 4.98 Å². The largest absolute Gasteiger partial charge is 0.371 e. The van der Waals surface area contributed by atoms with Gasteiger partial charge in [0.15, 0.2) is 5.69 Å². The van der Waals surface area contributed by atoms with Crippen molar-refractivity contribution in [2.24, 2.45) is 0 Å². The molecule has 6 nitrogen and oxygen atoms in total. The highest BCUT2D eigenvalue weighted by molar-refractivity contribution is 7.93. The van der Waals surface area contributed by atoms with Crippen molar-refractivity contribution in [2.45, 2.75) is 4.90 Å². The molecule has 0 saturated carbocycles. The molecule has 0 radical (unpaired) electrons. The van der Waals surface area contributed by atoms with E-state index in [1.54, 1.807) is 18.2 Å². The maximum Gasteiger partial charge on any atom is 0.267 e. The van der Waals surface area contributed by atoms with Crippen LogP contribution in [0.25, 0.3) is 0 Å². The highest BCUT2D eigenvalue weighted by Gasteiger charge is 2.33. The molecule has 1 aliphatic rings. The lowest BCUT2D eigenvalue weighted by molar-refractivity contribution is 0.588. The van der Waals surface area contributed by atoms with Gasteiger partial charge in [0.05, 0.1) is 17.9 Å². The highest BCUT2D eigenvalue weighted by Crippen LogP contribution is 2.37. The smallest absolute Gasteiger partial charge is 0.267 e. The number of nitrogens with zero attached hydrogens (tertiary/aromatic N) is 4. The van der Waals surface area contributed by atoms with Gasteiger partial charge < -0.3 is 4.90 Å². The molecule has 118 valence electrons. The lowest BCUT2D eigenvalue weighted by Gasteiger charge is -2.36. The first-order valence-electron chi connectivity index (χ1n) is 6.83. The number of rotatable bonds is 2. The normalized spacial score (nSPS) is 14.3. The van der Waals surface area contributed by atoms with Crippen LogP contribution >= 0.6 is 11.6 Å². The number of halogens is 1. The zero-order valence-corrected chi connectivity index (χ0v) is 13.8. The van der Waals surface area contributed by atoms with E-state index in [1.165, 1.54) is 22.6 Å². The maximum absolute atomic E-state index is 13.0. The molecule has 0 spiro atoms. The molecule has 8 heteroatoms. The Labute approximate surface area is 139 Å². The van der Waals surface area contributed by atoms with Crippen LogP contribution in [0.3, 0.4) is 0 Å². The lowest BCUT2D eigenvalue weighted by Crippen LogP contribution is -2.42. The van der Waals surface area contributed by atoms with Crippen molar-refractivity contribution in [1.29, 1.82) is 5.26 Å². The van der Waals surface area contributed by atoms with E-state index in [4.69, 9.17) is 16.9 Å². The Bertz CT molecular complexity index is 908. The summed E-state index contributed by atoms with van der Waals surface area (Å²) < 4.78 is 27.3. The molecule has 0 fully saturated rings.